The number of ether oxygens (including phenoxy) is 3. The van der Waals surface area contributed by atoms with E-state index in [9.17, 15) is 0 Å². The van der Waals surface area contributed by atoms with Gasteiger partial charge in [-0.3, -0.25) is 0 Å². The Bertz CT molecular complexity index is 187. The van der Waals surface area contributed by atoms with Crippen molar-refractivity contribution in [2.75, 3.05) is 19.8 Å². The summed E-state index contributed by atoms with van der Waals surface area (Å²) in [6.45, 7) is 4.03. The molecule has 2 fully saturated rings. The Morgan fingerprint density at radius 3 is 2.38 bits per heavy atom. The molecule has 2 heterocycles. The summed E-state index contributed by atoms with van der Waals surface area (Å²) in [5.41, 5.74) is 5.21. The van der Waals surface area contributed by atoms with E-state index in [1.807, 2.05) is 6.92 Å². The minimum absolute atomic E-state index is 0.206. The second-order valence-corrected chi connectivity index (χ2v) is 4.06. The molecular weight excluding hydrogens is 170 g/mol. The number of hydrogen-bond donors (Lipinski definition) is 1. The van der Waals surface area contributed by atoms with Gasteiger partial charge in [-0.15, -0.1) is 0 Å². The van der Waals surface area contributed by atoms with Crippen LogP contribution in [0.25, 0.3) is 0 Å². The van der Waals surface area contributed by atoms with Gasteiger partial charge in [0.05, 0.1) is 13.2 Å². The third-order valence-electron chi connectivity index (χ3n) is 2.53. The maximum absolute atomic E-state index is 5.71. The Kier molecular flexibility index (Phi) is 2.32. The highest BCUT2D eigenvalue weighted by molar-refractivity contribution is 4.89. The minimum atomic E-state index is -0.732. The van der Waals surface area contributed by atoms with Crippen LogP contribution in [0.1, 0.15) is 26.2 Å². The average Bonchev–Trinajstić information content (AvgIpc) is 2.59. The van der Waals surface area contributed by atoms with Gasteiger partial charge in [-0.25, -0.2) is 0 Å². The molecule has 2 N–H and O–H groups in total. The molecule has 0 aromatic heterocycles. The van der Waals surface area contributed by atoms with E-state index in [-0.39, 0.29) is 5.60 Å². The highest BCUT2D eigenvalue weighted by Gasteiger charge is 2.55. The summed E-state index contributed by atoms with van der Waals surface area (Å²) in [7, 11) is 0. The third-order valence-corrected chi connectivity index (χ3v) is 2.53. The van der Waals surface area contributed by atoms with E-state index in [1.54, 1.807) is 0 Å². The van der Waals surface area contributed by atoms with Crippen LogP contribution in [-0.4, -0.2) is 31.3 Å². The van der Waals surface area contributed by atoms with E-state index >= 15 is 0 Å². The zero-order chi connectivity index (χ0) is 9.36. The van der Waals surface area contributed by atoms with Gasteiger partial charge in [0.25, 0.3) is 5.97 Å². The summed E-state index contributed by atoms with van der Waals surface area (Å²) in [5, 5.41) is 0. The molecule has 0 unspecified atom stereocenters. The fourth-order valence-electron chi connectivity index (χ4n) is 1.78. The second-order valence-electron chi connectivity index (χ2n) is 4.06. The first-order valence-corrected chi connectivity index (χ1v) is 4.86. The van der Waals surface area contributed by atoms with Gasteiger partial charge < -0.3 is 19.9 Å². The molecule has 0 saturated carbocycles. The molecule has 2 saturated heterocycles. The number of unbranched alkanes of at least 4 members (excludes halogenated alkanes) is 1. The molecule has 4 nitrogen and oxygen atoms in total. The predicted octanol–water partition coefficient (Wildman–Crippen LogP) is 0.605. The quantitative estimate of drug-likeness (QED) is 0.655. The topological polar surface area (TPSA) is 53.7 Å². The third kappa shape index (κ3) is 1.72. The predicted molar refractivity (Wildman–Crippen MR) is 47.0 cm³/mol. The zero-order valence-corrected chi connectivity index (χ0v) is 8.04. The van der Waals surface area contributed by atoms with E-state index in [0.717, 1.165) is 19.3 Å². The molecule has 2 aliphatic rings. The Balaban J connectivity index is 1.85. The summed E-state index contributed by atoms with van der Waals surface area (Å²) in [4.78, 5) is 0. The molecule has 13 heavy (non-hydrogen) atoms. The minimum Gasteiger partial charge on any atom is -0.330 e. The van der Waals surface area contributed by atoms with Crippen LogP contribution in [-0.2, 0) is 14.2 Å². The van der Waals surface area contributed by atoms with Gasteiger partial charge in [0, 0.05) is 6.42 Å². The summed E-state index contributed by atoms with van der Waals surface area (Å²) in [6, 6.07) is 0. The lowest BCUT2D eigenvalue weighted by molar-refractivity contribution is -0.302. The monoisotopic (exact) mass is 187 g/mol. The molecule has 2 bridgehead atoms. The van der Waals surface area contributed by atoms with E-state index < -0.39 is 5.97 Å². The van der Waals surface area contributed by atoms with Crippen LogP contribution in [0.5, 0.6) is 0 Å². The van der Waals surface area contributed by atoms with Gasteiger partial charge >= 0.3 is 0 Å². The Hall–Kier alpha value is -0.160. The van der Waals surface area contributed by atoms with Gasteiger partial charge in [-0.05, 0) is 26.3 Å². The van der Waals surface area contributed by atoms with E-state index in [4.69, 9.17) is 19.9 Å². The molecule has 76 valence electrons. The van der Waals surface area contributed by atoms with Crippen molar-refractivity contribution in [3.05, 3.63) is 0 Å². The first-order chi connectivity index (χ1) is 6.18. The van der Waals surface area contributed by atoms with Crippen molar-refractivity contribution in [2.24, 2.45) is 5.73 Å². The van der Waals surface area contributed by atoms with Gasteiger partial charge in [-0.2, -0.15) is 0 Å². The lowest BCUT2D eigenvalue weighted by atomic mass is 10.1. The van der Waals surface area contributed by atoms with Crippen molar-refractivity contribution in [1.29, 1.82) is 0 Å². The fraction of sp³-hybridized carbons (Fsp3) is 1.00. The van der Waals surface area contributed by atoms with Crippen molar-refractivity contribution in [2.45, 2.75) is 37.8 Å². The Labute approximate surface area is 78.3 Å². The standard InChI is InChI=1S/C9H17NO3/c1-8-6-11-9(13-8,12-7-8)4-2-3-5-10/h2-7,10H2,1H3. The normalized spacial score (nSPS) is 42.9. The number of hydrogen-bond acceptors (Lipinski definition) is 4. The summed E-state index contributed by atoms with van der Waals surface area (Å²) < 4.78 is 16.7. The van der Waals surface area contributed by atoms with Crippen molar-refractivity contribution in [3.63, 3.8) is 0 Å². The van der Waals surface area contributed by atoms with E-state index in [0.29, 0.717) is 19.8 Å². The maximum atomic E-state index is 5.71. The zero-order valence-electron chi connectivity index (χ0n) is 8.04. The highest BCUT2D eigenvalue weighted by atomic mass is 16.9. The smallest absolute Gasteiger partial charge is 0.283 e. The Morgan fingerprint density at radius 1 is 1.23 bits per heavy atom. The van der Waals surface area contributed by atoms with Crippen LogP contribution in [0.4, 0.5) is 0 Å². The summed E-state index contributed by atoms with van der Waals surface area (Å²) in [6.07, 6.45) is 2.78. The van der Waals surface area contributed by atoms with E-state index in [1.165, 1.54) is 0 Å². The van der Waals surface area contributed by atoms with Crippen LogP contribution < -0.4 is 5.73 Å². The van der Waals surface area contributed by atoms with Crippen molar-refractivity contribution >= 4 is 0 Å². The average molecular weight is 187 g/mol. The van der Waals surface area contributed by atoms with Crippen molar-refractivity contribution in [1.82, 2.24) is 0 Å². The van der Waals surface area contributed by atoms with E-state index in [2.05, 4.69) is 0 Å². The molecule has 0 amide bonds. The van der Waals surface area contributed by atoms with Crippen molar-refractivity contribution in [3.8, 4) is 0 Å². The maximum Gasteiger partial charge on any atom is 0.283 e. The molecule has 0 atom stereocenters. The molecule has 0 aromatic carbocycles. The number of fused-ring (bicyclic) bond motifs is 2. The SMILES string of the molecule is CC12COC(CCCCN)(OC1)O2. The van der Waals surface area contributed by atoms with Crippen LogP contribution in [0.3, 0.4) is 0 Å². The molecule has 2 aliphatic heterocycles. The molecule has 0 aliphatic carbocycles. The Morgan fingerprint density at radius 2 is 1.92 bits per heavy atom. The highest BCUT2D eigenvalue weighted by Crippen LogP contribution is 2.42. The molecule has 0 aromatic rings. The van der Waals surface area contributed by atoms with Gasteiger partial charge in [0.15, 0.2) is 0 Å². The second kappa shape index (κ2) is 3.20. The van der Waals surface area contributed by atoms with Crippen LogP contribution in [0.15, 0.2) is 0 Å². The largest absolute Gasteiger partial charge is 0.330 e. The summed E-state index contributed by atoms with van der Waals surface area (Å²) in [5.74, 6) is -0.732. The lowest BCUT2D eigenvalue weighted by Crippen LogP contribution is -2.33. The fourth-order valence-corrected chi connectivity index (χ4v) is 1.78. The first-order valence-electron chi connectivity index (χ1n) is 4.86. The number of rotatable bonds is 4. The molecule has 2 rings (SSSR count). The summed E-state index contributed by atoms with van der Waals surface area (Å²) >= 11 is 0. The van der Waals surface area contributed by atoms with Gasteiger partial charge in [-0.1, -0.05) is 0 Å². The van der Waals surface area contributed by atoms with Gasteiger partial charge in [0.1, 0.15) is 5.60 Å². The molecule has 0 spiro atoms. The van der Waals surface area contributed by atoms with Crippen LogP contribution in [0.2, 0.25) is 0 Å². The van der Waals surface area contributed by atoms with Crippen LogP contribution >= 0.6 is 0 Å². The van der Waals surface area contributed by atoms with Crippen molar-refractivity contribution < 1.29 is 14.2 Å². The molecular formula is C9H17NO3. The first kappa shape index (κ1) is 9.40. The van der Waals surface area contributed by atoms with Crippen LogP contribution in [0, 0.1) is 0 Å². The molecule has 0 radical (unpaired) electrons. The number of nitrogens with two attached hydrogens (primary N) is 1. The van der Waals surface area contributed by atoms with Gasteiger partial charge in [0.2, 0.25) is 0 Å². The molecule has 4 heteroatoms. The lowest BCUT2D eigenvalue weighted by Gasteiger charge is -2.23.